The number of carbonyl (C=O) groups excluding carboxylic acids is 1. The highest BCUT2D eigenvalue weighted by atomic mass is 16.5. The molecule has 1 aliphatic heterocycles. The molecule has 6 nitrogen and oxygen atoms in total. The van der Waals surface area contributed by atoms with Crippen molar-refractivity contribution >= 4 is 11.8 Å². The first-order chi connectivity index (χ1) is 10.0. The second kappa shape index (κ2) is 6.93. The Morgan fingerprint density at radius 1 is 1.43 bits per heavy atom. The van der Waals surface area contributed by atoms with Crippen molar-refractivity contribution in [1.29, 1.82) is 0 Å². The third-order valence-corrected chi connectivity index (χ3v) is 4.34. The number of imidazole rings is 1. The maximum atomic E-state index is 11.6. The lowest BCUT2D eigenvalue weighted by Crippen LogP contribution is -2.38. The van der Waals surface area contributed by atoms with Gasteiger partial charge in [0.2, 0.25) is 0 Å². The number of rotatable bonds is 5. The molecule has 2 heterocycles. The van der Waals surface area contributed by atoms with Gasteiger partial charge in [0.25, 0.3) is 0 Å². The fourth-order valence-electron chi connectivity index (χ4n) is 3.03. The molecule has 0 saturated carbocycles. The molecule has 118 valence electrons. The van der Waals surface area contributed by atoms with Crippen LogP contribution < -0.4 is 5.73 Å². The highest BCUT2D eigenvalue weighted by molar-refractivity contribution is 5.92. The Labute approximate surface area is 126 Å². The number of hydrogen-bond donors (Lipinski definition) is 1. The molecule has 1 aromatic heterocycles. The number of aromatic nitrogens is 2. The highest BCUT2D eigenvalue weighted by Crippen LogP contribution is 2.18. The van der Waals surface area contributed by atoms with Crippen LogP contribution in [0.5, 0.6) is 0 Å². The van der Waals surface area contributed by atoms with Crippen LogP contribution in [-0.4, -0.2) is 46.7 Å². The van der Waals surface area contributed by atoms with Gasteiger partial charge in [0, 0.05) is 19.1 Å². The van der Waals surface area contributed by atoms with Crippen molar-refractivity contribution in [2.45, 2.75) is 52.1 Å². The van der Waals surface area contributed by atoms with E-state index in [1.807, 2.05) is 11.5 Å². The summed E-state index contributed by atoms with van der Waals surface area (Å²) in [5, 5.41) is 0. The summed E-state index contributed by atoms with van der Waals surface area (Å²) in [5.74, 6) is 0.699. The molecule has 1 aromatic rings. The summed E-state index contributed by atoms with van der Waals surface area (Å²) in [5.41, 5.74) is 6.24. The monoisotopic (exact) mass is 294 g/mol. The van der Waals surface area contributed by atoms with E-state index in [4.69, 9.17) is 10.5 Å². The van der Waals surface area contributed by atoms with Crippen molar-refractivity contribution in [1.82, 2.24) is 14.5 Å². The van der Waals surface area contributed by atoms with E-state index in [2.05, 4.69) is 16.8 Å². The molecule has 0 aliphatic carbocycles. The van der Waals surface area contributed by atoms with Gasteiger partial charge in [-0.25, -0.2) is 9.78 Å². The summed E-state index contributed by atoms with van der Waals surface area (Å²) in [4.78, 5) is 18.3. The zero-order chi connectivity index (χ0) is 15.4. The molecule has 6 heteroatoms. The fourth-order valence-corrected chi connectivity index (χ4v) is 3.03. The number of piperidine rings is 1. The number of esters is 1. The molecule has 1 aliphatic rings. The van der Waals surface area contributed by atoms with Crippen LogP contribution in [0.2, 0.25) is 0 Å². The lowest BCUT2D eigenvalue weighted by molar-refractivity contribution is 0.0595. The van der Waals surface area contributed by atoms with Crippen molar-refractivity contribution < 1.29 is 9.53 Å². The fraction of sp³-hybridized carbons (Fsp3) is 0.733. The topological polar surface area (TPSA) is 73.4 Å². The number of aryl methyl sites for hydroxylation is 1. The number of nitrogen functional groups attached to an aromatic ring is 1. The number of methoxy groups -OCH3 is 1. The first kappa shape index (κ1) is 15.8. The summed E-state index contributed by atoms with van der Waals surface area (Å²) in [7, 11) is 1.34. The lowest BCUT2D eigenvalue weighted by Gasteiger charge is -2.33. The average Bonchev–Trinajstić information content (AvgIpc) is 2.76. The number of ether oxygens (including phenoxy) is 1. The molecule has 0 aromatic carbocycles. The quantitative estimate of drug-likeness (QED) is 0.839. The van der Waals surface area contributed by atoms with Gasteiger partial charge in [0.15, 0.2) is 5.69 Å². The van der Waals surface area contributed by atoms with Crippen molar-refractivity contribution in [3.8, 4) is 0 Å². The van der Waals surface area contributed by atoms with Gasteiger partial charge >= 0.3 is 5.97 Å². The smallest absolute Gasteiger partial charge is 0.360 e. The maximum absolute atomic E-state index is 11.6. The molecule has 1 unspecified atom stereocenters. The average molecular weight is 294 g/mol. The summed E-state index contributed by atoms with van der Waals surface area (Å²) < 4.78 is 6.60. The van der Waals surface area contributed by atoms with E-state index in [-0.39, 0.29) is 5.69 Å². The van der Waals surface area contributed by atoms with E-state index in [9.17, 15) is 4.79 Å². The van der Waals surface area contributed by atoms with Gasteiger partial charge in [0.05, 0.1) is 7.11 Å². The summed E-state index contributed by atoms with van der Waals surface area (Å²) in [6.07, 6.45) is 4.93. The largest absolute Gasteiger partial charge is 0.464 e. The van der Waals surface area contributed by atoms with Crippen LogP contribution in [0, 0.1) is 6.92 Å². The predicted molar refractivity (Wildman–Crippen MR) is 82.2 cm³/mol. The minimum Gasteiger partial charge on any atom is -0.464 e. The van der Waals surface area contributed by atoms with Gasteiger partial charge in [0.1, 0.15) is 11.6 Å². The first-order valence-electron chi connectivity index (χ1n) is 7.69. The third kappa shape index (κ3) is 3.56. The second-order valence-electron chi connectivity index (χ2n) is 5.77. The standard InChI is InChI=1S/C15H26N4O2/c1-11-7-4-5-8-18(11)9-6-10-19-12(2)17-13(14(19)16)15(20)21-3/h11H,4-10,16H2,1-3H3. The normalized spacial score (nSPS) is 19.7. The number of carbonyl (C=O) groups is 1. The van der Waals surface area contributed by atoms with E-state index in [0.29, 0.717) is 11.9 Å². The Morgan fingerprint density at radius 3 is 2.86 bits per heavy atom. The van der Waals surface area contributed by atoms with Gasteiger partial charge in [-0.3, -0.25) is 0 Å². The van der Waals surface area contributed by atoms with Crippen molar-refractivity contribution in [3.05, 3.63) is 11.5 Å². The van der Waals surface area contributed by atoms with Crippen LogP contribution in [-0.2, 0) is 11.3 Å². The maximum Gasteiger partial charge on any atom is 0.360 e. The van der Waals surface area contributed by atoms with Gasteiger partial charge in [-0.2, -0.15) is 0 Å². The van der Waals surface area contributed by atoms with E-state index in [1.54, 1.807) is 0 Å². The van der Waals surface area contributed by atoms with E-state index in [0.717, 1.165) is 25.3 Å². The molecule has 1 saturated heterocycles. The van der Waals surface area contributed by atoms with Crippen LogP contribution in [0.15, 0.2) is 0 Å². The molecule has 21 heavy (non-hydrogen) atoms. The second-order valence-corrected chi connectivity index (χ2v) is 5.77. The minimum absolute atomic E-state index is 0.223. The van der Waals surface area contributed by atoms with Crippen molar-refractivity contribution in [2.75, 3.05) is 25.9 Å². The Balaban J connectivity index is 1.94. The third-order valence-electron chi connectivity index (χ3n) is 4.34. The highest BCUT2D eigenvalue weighted by Gasteiger charge is 2.20. The number of nitrogens with zero attached hydrogens (tertiary/aromatic N) is 3. The van der Waals surface area contributed by atoms with Gasteiger partial charge in [-0.1, -0.05) is 6.42 Å². The van der Waals surface area contributed by atoms with Crippen molar-refractivity contribution in [2.24, 2.45) is 0 Å². The number of hydrogen-bond acceptors (Lipinski definition) is 5. The number of nitrogens with two attached hydrogens (primary N) is 1. The molecular formula is C15H26N4O2. The Bertz CT molecular complexity index is 498. The molecule has 2 N–H and O–H groups in total. The van der Waals surface area contributed by atoms with Crippen LogP contribution in [0.4, 0.5) is 5.82 Å². The Kier molecular flexibility index (Phi) is 5.22. The first-order valence-corrected chi connectivity index (χ1v) is 7.69. The summed E-state index contributed by atoms with van der Waals surface area (Å²) in [6.45, 7) is 7.20. The van der Waals surface area contributed by atoms with E-state index < -0.39 is 5.97 Å². The zero-order valence-corrected chi connectivity index (χ0v) is 13.3. The molecule has 2 rings (SSSR count). The van der Waals surface area contributed by atoms with Gasteiger partial charge < -0.3 is 19.9 Å². The van der Waals surface area contributed by atoms with Crippen LogP contribution in [0.25, 0.3) is 0 Å². The van der Waals surface area contributed by atoms with E-state index >= 15 is 0 Å². The van der Waals surface area contributed by atoms with Gasteiger partial charge in [-0.05, 0) is 39.7 Å². The number of anilines is 1. The minimum atomic E-state index is -0.473. The molecular weight excluding hydrogens is 268 g/mol. The predicted octanol–water partition coefficient (Wildman–Crippen LogP) is 1.82. The molecule has 0 spiro atoms. The molecule has 1 fully saturated rings. The Hall–Kier alpha value is -1.56. The summed E-state index contributed by atoms with van der Waals surface area (Å²) >= 11 is 0. The SMILES string of the molecule is COC(=O)c1nc(C)n(CCCN2CCCCC2C)c1N. The zero-order valence-electron chi connectivity index (χ0n) is 13.3. The molecule has 1 atom stereocenters. The van der Waals surface area contributed by atoms with Crippen LogP contribution in [0.1, 0.15) is 48.9 Å². The molecule has 0 amide bonds. The molecule has 0 bridgehead atoms. The molecule has 0 radical (unpaired) electrons. The summed E-state index contributed by atoms with van der Waals surface area (Å²) in [6, 6.07) is 0.672. The van der Waals surface area contributed by atoms with Crippen LogP contribution >= 0.6 is 0 Å². The lowest BCUT2D eigenvalue weighted by atomic mass is 10.0. The van der Waals surface area contributed by atoms with Crippen molar-refractivity contribution in [3.63, 3.8) is 0 Å². The van der Waals surface area contributed by atoms with E-state index in [1.165, 1.54) is 32.9 Å². The van der Waals surface area contributed by atoms with Gasteiger partial charge in [-0.15, -0.1) is 0 Å². The number of likely N-dealkylation sites (tertiary alicyclic amines) is 1. The van der Waals surface area contributed by atoms with Crippen LogP contribution in [0.3, 0.4) is 0 Å². The Morgan fingerprint density at radius 2 is 2.19 bits per heavy atom.